The number of ether oxygens (including phenoxy) is 2. The largest absolute Gasteiger partial charge is 0.493 e. The molecule has 3 nitrogen and oxygen atoms in total. The predicted octanol–water partition coefficient (Wildman–Crippen LogP) is 3.63. The summed E-state index contributed by atoms with van der Waals surface area (Å²) in [7, 11) is 3.22. The third-order valence-electron chi connectivity index (χ3n) is 2.62. The van der Waals surface area contributed by atoms with E-state index in [-0.39, 0.29) is 0 Å². The molecule has 2 rings (SSSR count). The first kappa shape index (κ1) is 12.3. The number of anilines is 2. The maximum atomic E-state index is 5.29. The van der Waals surface area contributed by atoms with Gasteiger partial charge in [0.1, 0.15) is 0 Å². The van der Waals surface area contributed by atoms with Crippen molar-refractivity contribution in [3.8, 4) is 11.5 Å². The second kappa shape index (κ2) is 5.45. The standard InChI is InChI=1S/C15H16NO2/c1-11-9-13(10-14(17-2)15(11)18-3)16-12-7-5-4-6-8-12/h4-10,16H,1H2,2-3H3. The third kappa shape index (κ3) is 2.56. The van der Waals surface area contributed by atoms with E-state index in [2.05, 4.69) is 12.2 Å². The number of benzene rings is 2. The number of hydrogen-bond acceptors (Lipinski definition) is 3. The molecule has 0 spiro atoms. The molecule has 0 saturated carbocycles. The highest BCUT2D eigenvalue weighted by Crippen LogP contribution is 2.34. The first-order valence-electron chi connectivity index (χ1n) is 5.64. The quantitative estimate of drug-likeness (QED) is 0.888. The van der Waals surface area contributed by atoms with Crippen LogP contribution in [0.25, 0.3) is 0 Å². The van der Waals surface area contributed by atoms with Crippen LogP contribution in [-0.2, 0) is 0 Å². The predicted molar refractivity (Wildman–Crippen MR) is 73.7 cm³/mol. The third-order valence-corrected chi connectivity index (χ3v) is 2.62. The summed E-state index contributed by atoms with van der Waals surface area (Å²) < 4.78 is 10.5. The molecular weight excluding hydrogens is 226 g/mol. The fourth-order valence-electron chi connectivity index (χ4n) is 1.80. The average molecular weight is 242 g/mol. The van der Waals surface area contributed by atoms with E-state index >= 15 is 0 Å². The van der Waals surface area contributed by atoms with E-state index in [1.165, 1.54) is 0 Å². The Labute approximate surface area is 107 Å². The SMILES string of the molecule is [CH2]c1cc(Nc2ccccc2)cc(OC)c1OC. The minimum absolute atomic E-state index is 0.663. The Morgan fingerprint density at radius 1 is 0.944 bits per heavy atom. The van der Waals surface area contributed by atoms with Crippen molar-refractivity contribution in [3.05, 3.63) is 55.0 Å². The van der Waals surface area contributed by atoms with E-state index in [9.17, 15) is 0 Å². The molecule has 0 aliphatic rings. The van der Waals surface area contributed by atoms with Crippen LogP contribution < -0.4 is 14.8 Å². The van der Waals surface area contributed by atoms with Gasteiger partial charge in [-0.1, -0.05) is 18.2 Å². The van der Waals surface area contributed by atoms with Crippen molar-refractivity contribution in [2.24, 2.45) is 0 Å². The Morgan fingerprint density at radius 2 is 1.67 bits per heavy atom. The van der Waals surface area contributed by atoms with E-state index < -0.39 is 0 Å². The summed E-state index contributed by atoms with van der Waals surface area (Å²) in [6.45, 7) is 3.96. The summed E-state index contributed by atoms with van der Waals surface area (Å²) >= 11 is 0. The van der Waals surface area contributed by atoms with Gasteiger partial charge in [0.15, 0.2) is 11.5 Å². The molecule has 0 aromatic heterocycles. The van der Waals surface area contributed by atoms with E-state index in [4.69, 9.17) is 9.47 Å². The molecule has 2 aromatic rings. The summed E-state index contributed by atoms with van der Waals surface area (Å²) in [5, 5.41) is 3.30. The summed E-state index contributed by atoms with van der Waals surface area (Å²) in [4.78, 5) is 0. The van der Waals surface area contributed by atoms with Crippen molar-refractivity contribution in [1.82, 2.24) is 0 Å². The highest BCUT2D eigenvalue weighted by Gasteiger charge is 2.09. The van der Waals surface area contributed by atoms with Gasteiger partial charge in [-0.15, -0.1) is 0 Å². The highest BCUT2D eigenvalue weighted by atomic mass is 16.5. The number of methoxy groups -OCH3 is 2. The monoisotopic (exact) mass is 242 g/mol. The lowest BCUT2D eigenvalue weighted by Crippen LogP contribution is -1.96. The second-order valence-electron chi connectivity index (χ2n) is 3.86. The molecular formula is C15H16NO2. The van der Waals surface area contributed by atoms with E-state index in [0.29, 0.717) is 11.5 Å². The van der Waals surface area contributed by atoms with Crippen LogP contribution in [0.5, 0.6) is 11.5 Å². The Hall–Kier alpha value is -2.16. The minimum Gasteiger partial charge on any atom is -0.493 e. The Bertz CT molecular complexity index is 524. The molecule has 0 amide bonds. The van der Waals surface area contributed by atoms with Crippen molar-refractivity contribution in [2.75, 3.05) is 19.5 Å². The Balaban J connectivity index is 2.32. The van der Waals surface area contributed by atoms with Crippen LogP contribution in [0.1, 0.15) is 5.56 Å². The van der Waals surface area contributed by atoms with Crippen molar-refractivity contribution in [1.29, 1.82) is 0 Å². The number of nitrogens with one attached hydrogen (secondary N) is 1. The Morgan fingerprint density at radius 3 is 2.28 bits per heavy atom. The van der Waals surface area contributed by atoms with E-state index in [1.54, 1.807) is 14.2 Å². The first-order chi connectivity index (χ1) is 8.74. The number of hydrogen-bond donors (Lipinski definition) is 1. The lowest BCUT2D eigenvalue weighted by molar-refractivity contribution is 0.354. The average Bonchev–Trinajstić information content (AvgIpc) is 2.39. The first-order valence-corrected chi connectivity index (χ1v) is 5.64. The van der Waals surface area contributed by atoms with Crippen LogP contribution >= 0.6 is 0 Å². The molecule has 0 fully saturated rings. The summed E-state index contributed by atoms with van der Waals surface area (Å²) in [5.41, 5.74) is 2.73. The fourth-order valence-corrected chi connectivity index (χ4v) is 1.80. The molecule has 0 aliphatic carbocycles. The van der Waals surface area contributed by atoms with Gasteiger partial charge >= 0.3 is 0 Å². The lowest BCUT2D eigenvalue weighted by atomic mass is 10.1. The topological polar surface area (TPSA) is 30.5 Å². The van der Waals surface area contributed by atoms with Gasteiger partial charge in [0.2, 0.25) is 0 Å². The van der Waals surface area contributed by atoms with Gasteiger partial charge in [-0.25, -0.2) is 0 Å². The summed E-state index contributed by atoms with van der Waals surface area (Å²) in [6, 6.07) is 13.8. The maximum absolute atomic E-state index is 5.29. The van der Waals surface area contributed by atoms with Gasteiger partial charge in [0.05, 0.1) is 14.2 Å². The van der Waals surface area contributed by atoms with Crippen LogP contribution in [0, 0.1) is 6.92 Å². The van der Waals surface area contributed by atoms with E-state index in [0.717, 1.165) is 16.9 Å². The molecule has 0 saturated heterocycles. The van der Waals surface area contributed by atoms with Gasteiger partial charge in [-0.2, -0.15) is 0 Å². The molecule has 1 radical (unpaired) electrons. The minimum atomic E-state index is 0.663. The second-order valence-corrected chi connectivity index (χ2v) is 3.86. The summed E-state index contributed by atoms with van der Waals surface area (Å²) in [5.74, 6) is 1.33. The normalized spacial score (nSPS) is 9.94. The molecule has 0 unspecified atom stereocenters. The van der Waals surface area contributed by atoms with E-state index in [1.807, 2.05) is 42.5 Å². The maximum Gasteiger partial charge on any atom is 0.164 e. The molecule has 93 valence electrons. The van der Waals surface area contributed by atoms with Crippen molar-refractivity contribution >= 4 is 11.4 Å². The van der Waals surface area contributed by atoms with Crippen LogP contribution in [-0.4, -0.2) is 14.2 Å². The van der Waals surface area contributed by atoms with Crippen molar-refractivity contribution in [2.45, 2.75) is 0 Å². The molecule has 0 heterocycles. The molecule has 0 aliphatic heterocycles. The van der Waals surface area contributed by atoms with Gasteiger partial charge in [-0.3, -0.25) is 0 Å². The van der Waals surface area contributed by atoms with Crippen LogP contribution in [0.2, 0.25) is 0 Å². The van der Waals surface area contributed by atoms with Gasteiger partial charge in [0.25, 0.3) is 0 Å². The molecule has 0 atom stereocenters. The fraction of sp³-hybridized carbons (Fsp3) is 0.133. The summed E-state index contributed by atoms with van der Waals surface area (Å²) in [6.07, 6.45) is 0. The molecule has 2 aromatic carbocycles. The zero-order valence-corrected chi connectivity index (χ0v) is 10.6. The smallest absolute Gasteiger partial charge is 0.164 e. The van der Waals surface area contributed by atoms with Gasteiger partial charge in [0, 0.05) is 23.0 Å². The number of rotatable bonds is 4. The highest BCUT2D eigenvalue weighted by molar-refractivity contribution is 5.66. The molecule has 1 N–H and O–H groups in total. The van der Waals surface area contributed by atoms with Crippen molar-refractivity contribution in [3.63, 3.8) is 0 Å². The number of para-hydroxylation sites is 1. The van der Waals surface area contributed by atoms with Gasteiger partial charge < -0.3 is 14.8 Å². The Kier molecular flexibility index (Phi) is 3.72. The van der Waals surface area contributed by atoms with Crippen molar-refractivity contribution < 1.29 is 9.47 Å². The zero-order valence-electron chi connectivity index (χ0n) is 10.6. The van der Waals surface area contributed by atoms with Crippen LogP contribution in [0.4, 0.5) is 11.4 Å². The zero-order chi connectivity index (χ0) is 13.0. The molecule has 18 heavy (non-hydrogen) atoms. The van der Waals surface area contributed by atoms with Gasteiger partial charge in [-0.05, 0) is 25.1 Å². The lowest BCUT2D eigenvalue weighted by Gasteiger charge is -2.14. The van der Waals surface area contributed by atoms with Crippen LogP contribution in [0.15, 0.2) is 42.5 Å². The molecule has 3 heteroatoms. The molecule has 0 bridgehead atoms. The van der Waals surface area contributed by atoms with Crippen LogP contribution in [0.3, 0.4) is 0 Å².